The van der Waals surface area contributed by atoms with E-state index < -0.39 is 0 Å². The van der Waals surface area contributed by atoms with E-state index >= 15 is 0 Å². The molecule has 0 amide bonds. The van der Waals surface area contributed by atoms with Gasteiger partial charge in [0.1, 0.15) is 11.6 Å². The number of hydrogen-bond donors (Lipinski definition) is 1. The Kier molecular flexibility index (Phi) is 3.99. The Morgan fingerprint density at radius 3 is 2.92 bits per heavy atom. The minimum atomic E-state index is -0.326. The van der Waals surface area contributed by atoms with Gasteiger partial charge in [0.05, 0.1) is 13.2 Å². The Labute approximate surface area is 145 Å². The molecule has 1 saturated heterocycles. The monoisotopic (exact) mass is 347 g/mol. The van der Waals surface area contributed by atoms with Crippen LogP contribution in [0, 0.1) is 11.2 Å². The molecular weight excluding hydrogens is 329 g/mol. The molecule has 0 saturated carbocycles. The van der Waals surface area contributed by atoms with Crippen molar-refractivity contribution in [2.45, 2.75) is 12.5 Å². The number of fused-ring (bicyclic) bond motifs is 3. The van der Waals surface area contributed by atoms with Crippen LogP contribution in [0.15, 0.2) is 42.5 Å². The quantitative estimate of drug-likeness (QED) is 0.923. The van der Waals surface area contributed by atoms with E-state index in [1.54, 1.807) is 6.07 Å². The van der Waals surface area contributed by atoms with Crippen molar-refractivity contribution >= 4 is 11.6 Å². The number of halogens is 2. The SMILES string of the molecule is OC[C@@]12COc3ccccc3[C@@H]1CN(Cc1ccc(F)cc1Cl)C2. The molecule has 2 aliphatic heterocycles. The van der Waals surface area contributed by atoms with Crippen molar-refractivity contribution in [3.8, 4) is 5.75 Å². The summed E-state index contributed by atoms with van der Waals surface area (Å²) in [7, 11) is 0. The lowest BCUT2D eigenvalue weighted by Crippen LogP contribution is -2.42. The van der Waals surface area contributed by atoms with Gasteiger partial charge in [-0.15, -0.1) is 0 Å². The van der Waals surface area contributed by atoms with Crippen LogP contribution in [-0.2, 0) is 6.54 Å². The van der Waals surface area contributed by atoms with Gasteiger partial charge in [0.2, 0.25) is 0 Å². The Hall–Kier alpha value is -1.62. The number of nitrogens with zero attached hydrogens (tertiary/aromatic N) is 1. The standard InChI is InChI=1S/C19H19ClFNO2/c20-17-7-14(21)6-5-13(17)8-22-9-16-15-3-1-2-4-18(15)24-12-19(16,10-22)11-23/h1-7,16,23H,8-12H2/t16-,19-/m0/s1. The summed E-state index contributed by atoms with van der Waals surface area (Å²) in [5, 5.41) is 10.5. The molecule has 0 radical (unpaired) electrons. The van der Waals surface area contributed by atoms with E-state index in [1.807, 2.05) is 18.2 Å². The van der Waals surface area contributed by atoms with E-state index in [0.29, 0.717) is 18.2 Å². The fourth-order valence-corrected chi connectivity index (χ4v) is 4.21. The molecule has 0 aromatic heterocycles. The Morgan fingerprint density at radius 2 is 2.12 bits per heavy atom. The summed E-state index contributed by atoms with van der Waals surface area (Å²) in [5.41, 5.74) is 1.77. The van der Waals surface area contributed by atoms with Crippen LogP contribution in [0.1, 0.15) is 17.0 Å². The fourth-order valence-electron chi connectivity index (χ4n) is 3.98. The second-order valence-electron chi connectivity index (χ2n) is 6.80. The first-order valence-corrected chi connectivity index (χ1v) is 8.48. The summed E-state index contributed by atoms with van der Waals surface area (Å²) in [6, 6.07) is 12.6. The predicted octanol–water partition coefficient (Wildman–Crippen LogP) is 3.45. The van der Waals surface area contributed by atoms with Crippen LogP contribution in [0.3, 0.4) is 0 Å². The normalized spacial score (nSPS) is 25.9. The van der Waals surface area contributed by atoms with Crippen LogP contribution in [0.5, 0.6) is 5.75 Å². The molecule has 4 rings (SSSR count). The topological polar surface area (TPSA) is 32.7 Å². The first-order valence-electron chi connectivity index (χ1n) is 8.10. The van der Waals surface area contributed by atoms with Crippen molar-refractivity contribution in [2.24, 2.45) is 5.41 Å². The van der Waals surface area contributed by atoms with Gasteiger partial charge in [0.25, 0.3) is 0 Å². The minimum Gasteiger partial charge on any atom is -0.493 e. The molecule has 0 unspecified atom stereocenters. The zero-order chi connectivity index (χ0) is 16.7. The third-order valence-corrected chi connectivity index (χ3v) is 5.60. The molecule has 2 atom stereocenters. The van der Waals surface area contributed by atoms with Crippen LogP contribution < -0.4 is 4.74 Å². The number of aliphatic hydroxyl groups is 1. The number of likely N-dealkylation sites (tertiary alicyclic amines) is 1. The summed E-state index contributed by atoms with van der Waals surface area (Å²) >= 11 is 6.17. The number of para-hydroxylation sites is 1. The summed E-state index contributed by atoms with van der Waals surface area (Å²) in [6.07, 6.45) is 0. The molecule has 2 aromatic carbocycles. The molecular formula is C19H19ClFNO2. The van der Waals surface area contributed by atoms with Gasteiger partial charge in [-0.1, -0.05) is 35.9 Å². The van der Waals surface area contributed by atoms with Crippen LogP contribution in [-0.4, -0.2) is 36.3 Å². The van der Waals surface area contributed by atoms with Crippen molar-refractivity contribution in [1.29, 1.82) is 0 Å². The molecule has 24 heavy (non-hydrogen) atoms. The molecule has 1 fully saturated rings. The first kappa shape index (κ1) is 15.9. The lowest BCUT2D eigenvalue weighted by molar-refractivity contribution is 0.0457. The summed E-state index contributed by atoms with van der Waals surface area (Å²) in [6.45, 7) is 2.79. The van der Waals surface area contributed by atoms with Gasteiger partial charge in [0.15, 0.2) is 0 Å². The minimum absolute atomic E-state index is 0.0830. The third-order valence-electron chi connectivity index (χ3n) is 5.25. The van der Waals surface area contributed by atoms with Crippen LogP contribution >= 0.6 is 11.6 Å². The molecule has 0 spiro atoms. The number of hydrogen-bond acceptors (Lipinski definition) is 3. The first-order chi connectivity index (χ1) is 11.6. The van der Waals surface area contributed by atoms with Crippen molar-refractivity contribution in [2.75, 3.05) is 26.3 Å². The van der Waals surface area contributed by atoms with E-state index in [-0.39, 0.29) is 23.8 Å². The van der Waals surface area contributed by atoms with Crippen LogP contribution in [0.4, 0.5) is 4.39 Å². The highest BCUT2D eigenvalue weighted by Gasteiger charge is 2.50. The average molecular weight is 348 g/mol. The molecule has 126 valence electrons. The molecule has 3 nitrogen and oxygen atoms in total. The van der Waals surface area contributed by atoms with Gasteiger partial charge in [-0.3, -0.25) is 4.90 Å². The lowest BCUT2D eigenvalue weighted by atomic mass is 9.74. The lowest BCUT2D eigenvalue weighted by Gasteiger charge is -2.38. The number of benzene rings is 2. The van der Waals surface area contributed by atoms with E-state index in [4.69, 9.17) is 16.3 Å². The summed E-state index contributed by atoms with van der Waals surface area (Å²) in [4.78, 5) is 2.27. The second-order valence-corrected chi connectivity index (χ2v) is 7.21. The molecule has 0 bridgehead atoms. The number of rotatable bonds is 3. The summed E-state index contributed by atoms with van der Waals surface area (Å²) < 4.78 is 19.1. The average Bonchev–Trinajstić information content (AvgIpc) is 2.97. The fraction of sp³-hybridized carbons (Fsp3) is 0.368. The van der Waals surface area contributed by atoms with Gasteiger partial charge in [0, 0.05) is 36.0 Å². The van der Waals surface area contributed by atoms with Crippen molar-refractivity contribution in [3.63, 3.8) is 0 Å². The third kappa shape index (κ3) is 2.59. The molecule has 1 N–H and O–H groups in total. The zero-order valence-electron chi connectivity index (χ0n) is 13.2. The largest absolute Gasteiger partial charge is 0.493 e. The Morgan fingerprint density at radius 1 is 1.29 bits per heavy atom. The van der Waals surface area contributed by atoms with E-state index in [2.05, 4.69) is 11.0 Å². The maximum atomic E-state index is 13.2. The van der Waals surface area contributed by atoms with E-state index in [0.717, 1.165) is 30.0 Å². The Balaban J connectivity index is 1.61. The van der Waals surface area contributed by atoms with Crippen molar-refractivity contribution in [1.82, 2.24) is 4.90 Å². The maximum absolute atomic E-state index is 13.2. The predicted molar refractivity (Wildman–Crippen MR) is 90.9 cm³/mol. The molecule has 5 heteroatoms. The second kappa shape index (κ2) is 6.03. The number of ether oxygens (including phenoxy) is 1. The Bertz CT molecular complexity index is 769. The zero-order valence-corrected chi connectivity index (χ0v) is 14.0. The van der Waals surface area contributed by atoms with Crippen LogP contribution in [0.25, 0.3) is 0 Å². The molecule has 2 heterocycles. The van der Waals surface area contributed by atoms with Gasteiger partial charge in [-0.2, -0.15) is 0 Å². The van der Waals surface area contributed by atoms with E-state index in [1.165, 1.54) is 12.1 Å². The maximum Gasteiger partial charge on any atom is 0.124 e. The van der Waals surface area contributed by atoms with Gasteiger partial charge < -0.3 is 9.84 Å². The smallest absolute Gasteiger partial charge is 0.124 e. The van der Waals surface area contributed by atoms with E-state index in [9.17, 15) is 9.50 Å². The molecule has 0 aliphatic carbocycles. The number of aliphatic hydroxyl groups excluding tert-OH is 1. The van der Waals surface area contributed by atoms with Gasteiger partial charge >= 0.3 is 0 Å². The molecule has 2 aromatic rings. The molecule has 2 aliphatic rings. The highest BCUT2D eigenvalue weighted by molar-refractivity contribution is 6.31. The highest BCUT2D eigenvalue weighted by atomic mass is 35.5. The van der Waals surface area contributed by atoms with Crippen molar-refractivity contribution < 1.29 is 14.2 Å². The van der Waals surface area contributed by atoms with Crippen molar-refractivity contribution in [3.05, 3.63) is 64.4 Å². The van der Waals surface area contributed by atoms with Gasteiger partial charge in [-0.05, 0) is 29.3 Å². The van der Waals surface area contributed by atoms with Crippen LogP contribution in [0.2, 0.25) is 5.02 Å². The highest BCUT2D eigenvalue weighted by Crippen LogP contribution is 2.49. The van der Waals surface area contributed by atoms with Gasteiger partial charge in [-0.25, -0.2) is 4.39 Å². The summed E-state index contributed by atoms with van der Waals surface area (Å²) in [5.74, 6) is 0.813.